The monoisotopic (exact) mass is 742 g/mol. The zero-order valence-electron chi connectivity index (χ0n) is 30.8. The maximum atomic E-state index is 14.9. The number of nitrogens with zero attached hydrogens (tertiary/aromatic N) is 5. The van der Waals surface area contributed by atoms with Crippen molar-refractivity contribution in [3.8, 4) is 0 Å². The number of benzene rings is 2. The van der Waals surface area contributed by atoms with Crippen LogP contribution in [0.15, 0.2) is 79.9 Å². The molecule has 54 heavy (non-hydrogen) atoms. The predicted octanol–water partition coefficient (Wildman–Crippen LogP) is 3.32. The SMILES string of the molecule is C=CCCC(=O)N[C@@H](COC)[C@@H](OC(=O)[C@@H]1[C@H]2C(=O)N(CCCCCO)[C@H](C(=O)N(CC=C)Cn3nnc4ccccc43)[C@]23CC[C@H]1O3)c1ccccc1. The van der Waals surface area contributed by atoms with E-state index in [1.54, 1.807) is 26.6 Å². The van der Waals surface area contributed by atoms with Gasteiger partial charge >= 0.3 is 5.97 Å². The van der Waals surface area contributed by atoms with Crippen LogP contribution in [0.1, 0.15) is 56.6 Å². The molecule has 2 aromatic carbocycles. The lowest BCUT2D eigenvalue weighted by atomic mass is 9.70. The molecule has 0 radical (unpaired) electrons. The average molecular weight is 743 g/mol. The van der Waals surface area contributed by atoms with Crippen LogP contribution in [0.25, 0.3) is 11.0 Å². The molecule has 14 heteroatoms. The number of aliphatic hydroxyl groups excluding tert-OH is 1. The highest BCUT2D eigenvalue weighted by Crippen LogP contribution is 2.59. The molecule has 3 aliphatic rings. The summed E-state index contributed by atoms with van der Waals surface area (Å²) < 4.78 is 20.1. The number of ether oxygens (including phenoxy) is 3. The van der Waals surface area contributed by atoms with Gasteiger partial charge in [-0.25, -0.2) is 4.68 Å². The minimum atomic E-state index is -1.27. The van der Waals surface area contributed by atoms with Gasteiger partial charge < -0.3 is 34.4 Å². The molecule has 3 aromatic rings. The summed E-state index contributed by atoms with van der Waals surface area (Å²) in [6, 6.07) is 14.8. The highest BCUT2D eigenvalue weighted by molar-refractivity contribution is 5.98. The van der Waals surface area contributed by atoms with E-state index in [0.717, 1.165) is 5.52 Å². The normalized spacial score (nSPS) is 23.9. The number of carbonyl (C=O) groups is 4. The van der Waals surface area contributed by atoms with E-state index in [2.05, 4.69) is 28.8 Å². The van der Waals surface area contributed by atoms with E-state index in [4.69, 9.17) is 14.2 Å². The van der Waals surface area contributed by atoms with Crippen molar-refractivity contribution in [2.45, 2.75) is 81.5 Å². The molecule has 1 aromatic heterocycles. The van der Waals surface area contributed by atoms with Crippen molar-refractivity contribution in [3.63, 3.8) is 0 Å². The summed E-state index contributed by atoms with van der Waals surface area (Å²) in [5.74, 6) is -3.51. The Kier molecular flexibility index (Phi) is 12.6. The number of rotatable bonds is 20. The van der Waals surface area contributed by atoms with Crippen LogP contribution in [0.3, 0.4) is 0 Å². The quantitative estimate of drug-likeness (QED) is 0.0997. The first-order valence-electron chi connectivity index (χ1n) is 18.7. The topological polar surface area (TPSA) is 165 Å². The number of hydrogen-bond acceptors (Lipinski definition) is 10. The van der Waals surface area contributed by atoms with Crippen LogP contribution in [-0.4, -0.2) is 111 Å². The lowest BCUT2D eigenvalue weighted by Crippen LogP contribution is -2.56. The van der Waals surface area contributed by atoms with Gasteiger partial charge in [-0.1, -0.05) is 59.8 Å². The van der Waals surface area contributed by atoms with Crippen molar-refractivity contribution < 1.29 is 38.5 Å². The second-order valence-electron chi connectivity index (χ2n) is 14.2. The van der Waals surface area contributed by atoms with Crippen molar-refractivity contribution in [3.05, 3.63) is 85.5 Å². The third-order valence-electron chi connectivity index (χ3n) is 10.8. The van der Waals surface area contributed by atoms with Gasteiger partial charge in [0, 0.05) is 33.2 Å². The van der Waals surface area contributed by atoms with Gasteiger partial charge in [0.1, 0.15) is 29.9 Å². The third kappa shape index (κ3) is 7.68. The number of hydrogen-bond donors (Lipinski definition) is 2. The maximum Gasteiger partial charge on any atom is 0.313 e. The Hall–Kier alpha value is -4.92. The molecule has 14 nitrogen and oxygen atoms in total. The Balaban J connectivity index is 1.31. The van der Waals surface area contributed by atoms with Gasteiger partial charge in [-0.3, -0.25) is 19.2 Å². The molecule has 6 rings (SSSR count). The summed E-state index contributed by atoms with van der Waals surface area (Å²) in [5, 5.41) is 20.9. The summed E-state index contributed by atoms with van der Waals surface area (Å²) in [5.41, 5.74) is 0.806. The average Bonchev–Trinajstić information content (AvgIpc) is 3.94. The van der Waals surface area contributed by atoms with Gasteiger partial charge in [0.15, 0.2) is 0 Å². The molecule has 288 valence electrons. The second kappa shape index (κ2) is 17.5. The lowest BCUT2D eigenvalue weighted by Gasteiger charge is -2.36. The Morgan fingerprint density at radius 1 is 1.11 bits per heavy atom. The standard InChI is InChI=1S/C40H50N6O8/c1-4-6-19-32(48)41-29(25-52-3)35(27-15-9-7-10-16-27)53-39(51)33-31-20-21-40(54-31)34(33)37(49)45(23-13-8-14-24-47)36(40)38(50)44(22-5-2)26-46-30-18-12-11-17-28(30)42-43-46/h4-5,7,9-12,15-18,29,31,33-36,47H,1-2,6,8,13-14,19-26H2,3H3,(H,41,48)/t29-,31+,33-,34-,35-,36+,40-/m0/s1. The lowest BCUT2D eigenvalue weighted by molar-refractivity contribution is -0.163. The number of carbonyl (C=O) groups excluding carboxylic acids is 4. The fourth-order valence-corrected chi connectivity index (χ4v) is 8.37. The van der Waals surface area contributed by atoms with E-state index >= 15 is 0 Å². The van der Waals surface area contributed by atoms with Gasteiger partial charge in [0.25, 0.3) is 0 Å². The maximum absolute atomic E-state index is 14.9. The van der Waals surface area contributed by atoms with Crippen LogP contribution in [0, 0.1) is 11.8 Å². The molecule has 0 unspecified atom stereocenters. The fraction of sp³-hybridized carbons (Fsp3) is 0.500. The minimum absolute atomic E-state index is 0.0158. The number of unbranched alkanes of at least 4 members (excludes halogenated alkanes) is 2. The van der Waals surface area contributed by atoms with Gasteiger partial charge in [-0.2, -0.15) is 0 Å². The summed E-state index contributed by atoms with van der Waals surface area (Å²) in [6.07, 6.45) is 4.98. The highest BCUT2D eigenvalue weighted by Gasteiger charge is 2.75. The molecule has 3 saturated heterocycles. The Bertz CT molecular complexity index is 1820. The number of para-hydroxylation sites is 1. The van der Waals surface area contributed by atoms with Gasteiger partial charge in [0.2, 0.25) is 17.7 Å². The number of methoxy groups -OCH3 is 1. The minimum Gasteiger partial charge on any atom is -0.455 e. The largest absolute Gasteiger partial charge is 0.455 e. The summed E-state index contributed by atoms with van der Waals surface area (Å²) >= 11 is 0. The zero-order valence-corrected chi connectivity index (χ0v) is 30.8. The summed E-state index contributed by atoms with van der Waals surface area (Å²) in [4.78, 5) is 60.1. The van der Waals surface area contributed by atoms with E-state index < -0.39 is 47.7 Å². The first kappa shape index (κ1) is 38.8. The van der Waals surface area contributed by atoms with E-state index in [-0.39, 0.29) is 57.1 Å². The predicted molar refractivity (Wildman–Crippen MR) is 198 cm³/mol. The van der Waals surface area contributed by atoms with E-state index in [1.807, 2.05) is 54.6 Å². The number of allylic oxidation sites excluding steroid dienone is 1. The van der Waals surface area contributed by atoms with Crippen LogP contribution < -0.4 is 5.32 Å². The van der Waals surface area contributed by atoms with Crippen molar-refractivity contribution >= 4 is 34.7 Å². The van der Waals surface area contributed by atoms with Gasteiger partial charge in [-0.15, -0.1) is 18.3 Å². The van der Waals surface area contributed by atoms with E-state index in [0.29, 0.717) is 49.6 Å². The molecule has 4 heterocycles. The Morgan fingerprint density at radius 3 is 2.63 bits per heavy atom. The molecule has 7 atom stereocenters. The molecule has 3 amide bonds. The van der Waals surface area contributed by atoms with Gasteiger partial charge in [-0.05, 0) is 56.2 Å². The number of aromatic nitrogens is 3. The van der Waals surface area contributed by atoms with Crippen molar-refractivity contribution in [2.75, 3.05) is 33.4 Å². The van der Waals surface area contributed by atoms with Crippen LogP contribution in [0.2, 0.25) is 0 Å². The molecule has 3 aliphatic heterocycles. The van der Waals surface area contributed by atoms with Crippen molar-refractivity contribution in [1.82, 2.24) is 30.1 Å². The summed E-state index contributed by atoms with van der Waals surface area (Å²) in [7, 11) is 1.50. The molecular formula is C40H50N6O8. The van der Waals surface area contributed by atoms with Crippen LogP contribution >= 0.6 is 0 Å². The number of amides is 3. The van der Waals surface area contributed by atoms with E-state index in [9.17, 15) is 24.3 Å². The fourth-order valence-electron chi connectivity index (χ4n) is 8.37. The number of likely N-dealkylation sites (tertiary alicyclic amines) is 1. The molecule has 3 fully saturated rings. The molecule has 0 aliphatic carbocycles. The zero-order chi connectivity index (χ0) is 38.2. The van der Waals surface area contributed by atoms with Crippen LogP contribution in [0.5, 0.6) is 0 Å². The van der Waals surface area contributed by atoms with E-state index in [1.165, 1.54) is 7.11 Å². The first-order valence-corrected chi connectivity index (χ1v) is 18.7. The number of nitrogens with one attached hydrogen (secondary N) is 1. The third-order valence-corrected chi connectivity index (χ3v) is 10.8. The van der Waals surface area contributed by atoms with Crippen molar-refractivity contribution in [1.29, 1.82) is 0 Å². The Morgan fingerprint density at radius 2 is 1.89 bits per heavy atom. The van der Waals surface area contributed by atoms with Gasteiger partial charge in [0.05, 0.1) is 36.1 Å². The number of aliphatic hydroxyl groups is 1. The molecule has 2 bridgehead atoms. The molecule has 0 saturated carbocycles. The van der Waals surface area contributed by atoms with Crippen LogP contribution in [-0.2, 0) is 40.1 Å². The number of fused-ring (bicyclic) bond motifs is 2. The molecule has 1 spiro atoms. The molecular weight excluding hydrogens is 692 g/mol. The first-order chi connectivity index (χ1) is 26.3. The Labute approximate surface area is 315 Å². The van der Waals surface area contributed by atoms with Crippen molar-refractivity contribution in [2.24, 2.45) is 11.8 Å². The van der Waals surface area contributed by atoms with Crippen LogP contribution in [0.4, 0.5) is 0 Å². The smallest absolute Gasteiger partial charge is 0.313 e. The highest BCUT2D eigenvalue weighted by atomic mass is 16.6. The second-order valence-corrected chi connectivity index (χ2v) is 14.2. The number of esters is 1. The molecule has 2 N–H and O–H groups in total. The summed E-state index contributed by atoms with van der Waals surface area (Å²) in [6.45, 7) is 8.13.